The van der Waals surface area contributed by atoms with Gasteiger partial charge in [-0.15, -0.1) is 11.6 Å². The number of halogens is 1. The molecule has 1 rings (SSSR count). The zero-order valence-electron chi connectivity index (χ0n) is 8.24. The molecule has 0 aliphatic heterocycles. The first-order valence-corrected chi connectivity index (χ1v) is 4.86. The van der Waals surface area contributed by atoms with Crippen LogP contribution in [0.2, 0.25) is 0 Å². The fourth-order valence-electron chi connectivity index (χ4n) is 1.22. The van der Waals surface area contributed by atoms with E-state index in [4.69, 9.17) is 21.4 Å². The highest BCUT2D eigenvalue weighted by atomic mass is 35.5. The Morgan fingerprint density at radius 3 is 2.40 bits per heavy atom. The van der Waals surface area contributed by atoms with E-state index in [1.807, 2.05) is 18.2 Å². The summed E-state index contributed by atoms with van der Waals surface area (Å²) in [6.45, 7) is 0. The van der Waals surface area contributed by atoms with Crippen LogP contribution in [-0.4, -0.2) is 24.1 Å². The van der Waals surface area contributed by atoms with Crippen LogP contribution in [0.1, 0.15) is 5.56 Å². The van der Waals surface area contributed by atoms with Crippen molar-refractivity contribution in [3.05, 3.63) is 41.5 Å². The molecular weight excluding hydrogens is 216 g/mol. The molecular formula is C11H11ClO3. The van der Waals surface area contributed by atoms with E-state index in [1.165, 1.54) is 7.11 Å². The minimum Gasteiger partial charge on any atom is -0.496 e. The van der Waals surface area contributed by atoms with Gasteiger partial charge < -0.3 is 9.84 Å². The molecule has 1 aromatic rings. The predicted octanol–water partition coefficient (Wildman–Crippen LogP) is 2.37. The van der Waals surface area contributed by atoms with Gasteiger partial charge in [0.25, 0.3) is 0 Å². The van der Waals surface area contributed by atoms with Gasteiger partial charge in [-0.2, -0.15) is 0 Å². The number of aliphatic carboxylic acids is 1. The minimum absolute atomic E-state index is 0.0605. The van der Waals surface area contributed by atoms with Gasteiger partial charge in [-0.25, -0.2) is 4.79 Å². The molecule has 0 saturated heterocycles. The van der Waals surface area contributed by atoms with Crippen LogP contribution in [0.3, 0.4) is 0 Å². The molecule has 0 aliphatic rings. The van der Waals surface area contributed by atoms with Gasteiger partial charge in [0.2, 0.25) is 0 Å². The molecule has 0 spiro atoms. The van der Waals surface area contributed by atoms with Crippen molar-refractivity contribution in [2.24, 2.45) is 0 Å². The van der Waals surface area contributed by atoms with Gasteiger partial charge >= 0.3 is 5.97 Å². The Balaban J connectivity index is 3.23. The van der Waals surface area contributed by atoms with Crippen molar-refractivity contribution in [3.63, 3.8) is 0 Å². The van der Waals surface area contributed by atoms with Gasteiger partial charge in [0, 0.05) is 5.56 Å². The largest absolute Gasteiger partial charge is 0.496 e. The first kappa shape index (κ1) is 11.6. The third kappa shape index (κ3) is 2.73. The smallest absolute Gasteiger partial charge is 0.336 e. The molecule has 80 valence electrons. The molecule has 0 heterocycles. The van der Waals surface area contributed by atoms with E-state index in [0.717, 1.165) is 0 Å². The highest BCUT2D eigenvalue weighted by Gasteiger charge is 2.15. The Morgan fingerprint density at radius 1 is 1.40 bits per heavy atom. The Hall–Kier alpha value is -1.48. The number of methoxy groups -OCH3 is 1. The maximum atomic E-state index is 10.9. The van der Waals surface area contributed by atoms with E-state index in [1.54, 1.807) is 12.1 Å². The van der Waals surface area contributed by atoms with Crippen molar-refractivity contribution in [3.8, 4) is 0 Å². The lowest BCUT2D eigenvalue weighted by atomic mass is 10.1. The molecule has 0 aromatic heterocycles. The number of hydrogen-bond donors (Lipinski definition) is 1. The van der Waals surface area contributed by atoms with Crippen LogP contribution in [0.25, 0.3) is 5.76 Å². The number of rotatable bonds is 4. The molecule has 0 saturated carbocycles. The molecule has 1 aromatic carbocycles. The lowest BCUT2D eigenvalue weighted by Crippen LogP contribution is -2.07. The molecule has 0 atom stereocenters. The second kappa shape index (κ2) is 5.41. The van der Waals surface area contributed by atoms with Gasteiger partial charge in [-0.1, -0.05) is 30.3 Å². The van der Waals surface area contributed by atoms with E-state index in [2.05, 4.69) is 0 Å². The second-order valence-corrected chi connectivity index (χ2v) is 3.08. The lowest BCUT2D eigenvalue weighted by molar-refractivity contribution is -0.132. The van der Waals surface area contributed by atoms with Gasteiger partial charge in [0.1, 0.15) is 5.76 Å². The first-order valence-electron chi connectivity index (χ1n) is 4.32. The third-order valence-corrected chi connectivity index (χ3v) is 2.17. The zero-order valence-corrected chi connectivity index (χ0v) is 8.99. The Kier molecular flexibility index (Phi) is 4.18. The monoisotopic (exact) mass is 226 g/mol. The number of carboxylic acids is 1. The molecule has 3 nitrogen and oxygen atoms in total. The molecule has 0 aliphatic carbocycles. The fourth-order valence-corrected chi connectivity index (χ4v) is 1.46. The third-order valence-electron chi connectivity index (χ3n) is 1.91. The first-order chi connectivity index (χ1) is 7.20. The summed E-state index contributed by atoms with van der Waals surface area (Å²) < 4.78 is 5.07. The van der Waals surface area contributed by atoms with Crippen LogP contribution in [0.4, 0.5) is 0 Å². The van der Waals surface area contributed by atoms with E-state index in [9.17, 15) is 4.79 Å². The molecule has 0 fully saturated rings. The number of ether oxygens (including phenoxy) is 1. The summed E-state index contributed by atoms with van der Waals surface area (Å²) >= 11 is 5.57. The summed E-state index contributed by atoms with van der Waals surface area (Å²) in [4.78, 5) is 10.9. The summed E-state index contributed by atoms with van der Waals surface area (Å²) in [5, 5.41) is 8.91. The molecule has 0 radical (unpaired) electrons. The van der Waals surface area contributed by atoms with Crippen LogP contribution < -0.4 is 0 Å². The van der Waals surface area contributed by atoms with Crippen molar-refractivity contribution in [2.45, 2.75) is 0 Å². The van der Waals surface area contributed by atoms with Crippen molar-refractivity contribution in [2.75, 3.05) is 13.0 Å². The Bertz CT molecular complexity index is 371. The second-order valence-electron chi connectivity index (χ2n) is 2.82. The lowest BCUT2D eigenvalue weighted by Gasteiger charge is -2.09. The van der Waals surface area contributed by atoms with E-state index in [0.29, 0.717) is 11.3 Å². The summed E-state index contributed by atoms with van der Waals surface area (Å²) in [7, 11) is 1.43. The number of carboxylic acid groups (broad SMARTS) is 1. The molecule has 0 amide bonds. The topological polar surface area (TPSA) is 46.5 Å². The van der Waals surface area contributed by atoms with E-state index in [-0.39, 0.29) is 11.5 Å². The number of benzene rings is 1. The normalized spacial score (nSPS) is 11.9. The van der Waals surface area contributed by atoms with Crippen molar-refractivity contribution >= 4 is 23.3 Å². The van der Waals surface area contributed by atoms with Gasteiger partial charge in [-0.05, 0) is 0 Å². The molecule has 15 heavy (non-hydrogen) atoms. The average Bonchev–Trinajstić information content (AvgIpc) is 2.26. The molecule has 0 unspecified atom stereocenters. The predicted molar refractivity (Wildman–Crippen MR) is 58.7 cm³/mol. The van der Waals surface area contributed by atoms with Crippen molar-refractivity contribution in [1.82, 2.24) is 0 Å². The summed E-state index contributed by atoms with van der Waals surface area (Å²) in [5.41, 5.74) is 0.767. The molecule has 0 bridgehead atoms. The van der Waals surface area contributed by atoms with Crippen LogP contribution in [-0.2, 0) is 9.53 Å². The highest BCUT2D eigenvalue weighted by Crippen LogP contribution is 2.20. The van der Waals surface area contributed by atoms with Gasteiger partial charge in [-0.3, -0.25) is 0 Å². The number of alkyl halides is 1. The molecule has 1 N–H and O–H groups in total. The van der Waals surface area contributed by atoms with Crippen molar-refractivity contribution in [1.29, 1.82) is 0 Å². The van der Waals surface area contributed by atoms with Crippen LogP contribution in [0, 0.1) is 0 Å². The van der Waals surface area contributed by atoms with Crippen LogP contribution >= 0.6 is 11.6 Å². The van der Waals surface area contributed by atoms with E-state index >= 15 is 0 Å². The zero-order chi connectivity index (χ0) is 11.3. The SMILES string of the molecule is CO/C(=C(/CCl)C(=O)O)c1ccccc1. The number of hydrogen-bond acceptors (Lipinski definition) is 2. The van der Waals surface area contributed by atoms with Crippen LogP contribution in [0.5, 0.6) is 0 Å². The van der Waals surface area contributed by atoms with Crippen molar-refractivity contribution < 1.29 is 14.6 Å². The maximum Gasteiger partial charge on any atom is 0.336 e. The van der Waals surface area contributed by atoms with E-state index < -0.39 is 5.97 Å². The highest BCUT2D eigenvalue weighted by molar-refractivity contribution is 6.23. The summed E-state index contributed by atoms with van der Waals surface area (Å²) in [6.07, 6.45) is 0. The Morgan fingerprint density at radius 2 is 2.00 bits per heavy atom. The molecule has 4 heteroatoms. The van der Waals surface area contributed by atoms with Gasteiger partial charge in [0.05, 0.1) is 18.6 Å². The fraction of sp³-hybridized carbons (Fsp3) is 0.182. The quantitative estimate of drug-likeness (QED) is 0.487. The maximum absolute atomic E-state index is 10.9. The van der Waals surface area contributed by atoms with Gasteiger partial charge in [0.15, 0.2) is 0 Å². The average molecular weight is 227 g/mol. The summed E-state index contributed by atoms with van der Waals surface area (Å²) in [5.74, 6) is -0.850. The standard InChI is InChI=1S/C11H11ClO3/c1-15-10(9(7-12)11(13)14)8-5-3-2-4-6-8/h2-6H,7H2,1H3,(H,13,14)/b10-9-. The van der Waals surface area contributed by atoms with Crippen LogP contribution in [0.15, 0.2) is 35.9 Å². The minimum atomic E-state index is -1.06. The summed E-state index contributed by atoms with van der Waals surface area (Å²) in [6, 6.07) is 9.00. The Labute approximate surface area is 92.9 Å². The number of carbonyl (C=O) groups is 1.